The summed E-state index contributed by atoms with van der Waals surface area (Å²) in [5.74, 6) is 7.97. The minimum absolute atomic E-state index is 0. The van der Waals surface area contributed by atoms with Gasteiger partial charge in [0, 0.05) is 115 Å². The monoisotopic (exact) mass is 1830 g/mol. The zero-order valence-electron chi connectivity index (χ0n) is 77.4. The van der Waals surface area contributed by atoms with E-state index in [1.807, 2.05) is 47.4 Å². The van der Waals surface area contributed by atoms with Crippen LogP contribution in [0.2, 0.25) is 0 Å². The number of aliphatic imine (C=N–C) groups is 2. The molecule has 0 aromatic heterocycles. The van der Waals surface area contributed by atoms with Crippen molar-refractivity contribution in [3.63, 3.8) is 0 Å². The first kappa shape index (κ1) is 120. The molecule has 19 nitrogen and oxygen atoms in total. The molecule has 0 unspecified atom stereocenters. The van der Waals surface area contributed by atoms with Gasteiger partial charge in [0.05, 0.1) is 42.8 Å². The van der Waals surface area contributed by atoms with Gasteiger partial charge in [-0.1, -0.05) is 236 Å². The Morgan fingerprint density at radius 3 is 0.828 bits per heavy atom. The second-order valence-corrected chi connectivity index (χ2v) is 42.0. The molecule has 8 N–H and O–H groups in total. The van der Waals surface area contributed by atoms with E-state index < -0.39 is 19.7 Å². The van der Waals surface area contributed by atoms with Crippen molar-refractivity contribution in [1.29, 1.82) is 0 Å². The quantitative estimate of drug-likeness (QED) is 0.0830. The van der Waals surface area contributed by atoms with Gasteiger partial charge in [-0.2, -0.15) is 23.5 Å². The molecule has 15 aliphatic heterocycles. The molecule has 16 fully saturated rings. The van der Waals surface area contributed by atoms with Gasteiger partial charge in [-0.25, -0.2) is 16.8 Å². The molecule has 122 heavy (non-hydrogen) atoms. The smallest absolute Gasteiger partial charge is 0.188 e. The van der Waals surface area contributed by atoms with Crippen molar-refractivity contribution in [2.75, 3.05) is 196 Å². The number of nitrogens with zero attached hydrogens (tertiary/aromatic N) is 2. The van der Waals surface area contributed by atoms with E-state index in [9.17, 15) is 21.6 Å². The topological polar surface area (TPSA) is 243 Å². The molecule has 25 heteroatoms. The van der Waals surface area contributed by atoms with Crippen molar-refractivity contribution in [3.05, 3.63) is 47.6 Å². The summed E-state index contributed by atoms with van der Waals surface area (Å²) in [6.45, 7) is 22.9. The number of piperidine rings is 2. The number of carbonyl (C=O) groups excluding carboxylic acids is 1. The van der Waals surface area contributed by atoms with E-state index in [2.05, 4.69) is 87.2 Å². The van der Waals surface area contributed by atoms with Crippen molar-refractivity contribution < 1.29 is 40.6 Å². The summed E-state index contributed by atoms with van der Waals surface area (Å²) in [7, 11) is -5.19. The summed E-state index contributed by atoms with van der Waals surface area (Å²) < 4.78 is 61.9. The maximum atomic E-state index is 10.6. The average molecular weight is 1840 g/mol. The van der Waals surface area contributed by atoms with Crippen LogP contribution in [-0.4, -0.2) is 231 Å². The lowest BCUT2D eigenvalue weighted by atomic mass is 10.0. The molecule has 11 saturated heterocycles. The molecule has 6 aliphatic carbocycles. The Labute approximate surface area is 770 Å². The summed E-state index contributed by atoms with van der Waals surface area (Å²) in [4.78, 5) is 17.9. The minimum Gasteiger partial charge on any atom is -0.482 e. The molecule has 0 bridgehead atoms. The van der Waals surface area contributed by atoms with Gasteiger partial charge >= 0.3 is 0 Å². The van der Waals surface area contributed by atoms with Gasteiger partial charge in [-0.05, 0) is 215 Å². The Bertz CT molecular complexity index is 2080. The molecule has 21 aliphatic rings. The van der Waals surface area contributed by atoms with Crippen LogP contribution in [0.5, 0.6) is 0 Å². The molecule has 21 rings (SSSR count). The molecule has 0 radical (unpaired) electrons. The van der Waals surface area contributed by atoms with Crippen molar-refractivity contribution in [2.45, 2.75) is 354 Å². The fourth-order valence-corrected chi connectivity index (χ4v) is 18.7. The predicted molar refractivity (Wildman–Crippen MR) is 543 cm³/mol. The Hall–Kier alpha value is -1.69. The molecular weight excluding hydrogens is 1640 g/mol. The zero-order valence-corrected chi connectivity index (χ0v) is 82.3. The van der Waals surface area contributed by atoms with E-state index in [1.54, 1.807) is 11.8 Å². The van der Waals surface area contributed by atoms with Crippen LogP contribution in [-0.2, 0) is 43.4 Å². The number of carbonyl (C=O) groups is 1. The maximum absolute atomic E-state index is 10.6. The lowest BCUT2D eigenvalue weighted by molar-refractivity contribution is -0.110. The number of morpholine rings is 1. The van der Waals surface area contributed by atoms with Crippen LogP contribution in [0.4, 0.5) is 0 Å². The Balaban J connectivity index is 0.00000126. The highest BCUT2D eigenvalue weighted by Gasteiger charge is 2.17. The first-order chi connectivity index (χ1) is 59.8. The predicted octanol–water partition coefficient (Wildman–Crippen LogP) is 21.9. The van der Waals surface area contributed by atoms with Crippen molar-refractivity contribution in [3.8, 4) is 0 Å². The maximum Gasteiger partial charge on any atom is 0.188 e. The average Bonchev–Trinajstić information content (AvgIpc) is 1.87. The van der Waals surface area contributed by atoms with Crippen molar-refractivity contribution in [1.82, 2.24) is 42.5 Å². The van der Waals surface area contributed by atoms with Gasteiger partial charge < -0.3 is 61.5 Å². The summed E-state index contributed by atoms with van der Waals surface area (Å²) in [6.07, 6.45) is 91.1. The molecule has 720 valence electrons. The number of nitrogens with one attached hydrogen (secondary N) is 8. The Morgan fingerprint density at radius 1 is 0.295 bits per heavy atom. The number of hydrogen-bond donors (Lipinski definition) is 8. The number of thioether (sulfide) groups is 4. The number of sulfone groups is 2. The van der Waals surface area contributed by atoms with Crippen LogP contribution in [0.3, 0.4) is 0 Å². The van der Waals surface area contributed by atoms with Crippen molar-refractivity contribution in [2.24, 2.45) is 9.98 Å². The number of ether oxygens (including phenoxy) is 4. The standard InChI is InChI=1S/2C7H14.C6H12O.2C5H11N.C5H9N.C5H10.C5H8.C4H9NO2S.C4H9NO.C4H9NS.C4H5NS.C4H9N.C4H7N.C4H8O2S.C4H6OS.C4H8O.C4H8S.2C4H8.C3H5NO.CH4/c3*1-2-4-6-7-5-3-1;3*1-2-4-6-5-3-1;2*1-2-4-5-3-1;6-8(7)3-1-5-2-4-8;3*1-3-6-4-2-5-1;2*1-2-4-5-3-1;5-7(6)3-1-2-4-7;5-4-2-1-3-6-4;2*1-2-4-5-3-1;2*1-2-4-3-1;1-2-5-3-4-1;/h2*1-7H2;1-6H2;2*6H,1-5H2;2,4,6H,1,3,5H2;1-5H2;1-2H,3-5H2;5H,1-4H2;2*5H,1-4H2;1-5H;5H,1-4H2;3H,1-2,4H2;1-4H2;1-3H2;2*1-4H2;2*1-4H2;3H,1-2H2;1H4. The molecule has 0 spiro atoms. The van der Waals surface area contributed by atoms with E-state index in [0.29, 0.717) is 41.2 Å². The largest absolute Gasteiger partial charge is 0.482 e. The van der Waals surface area contributed by atoms with Crippen LogP contribution in [0, 0.1) is 0 Å². The molecular formula is C97H192N10O9S6. The van der Waals surface area contributed by atoms with Gasteiger partial charge in [-0.3, -0.25) is 14.8 Å². The van der Waals surface area contributed by atoms with Crippen LogP contribution in [0.1, 0.15) is 354 Å². The Morgan fingerprint density at radius 2 is 0.672 bits per heavy atom. The molecule has 15 heterocycles. The van der Waals surface area contributed by atoms with Gasteiger partial charge in [0.15, 0.2) is 21.4 Å². The van der Waals surface area contributed by atoms with E-state index in [-0.39, 0.29) is 7.43 Å². The van der Waals surface area contributed by atoms with Crippen LogP contribution < -0.4 is 42.5 Å². The second-order valence-electron chi connectivity index (χ2n) is 33.0. The molecule has 0 aromatic rings. The number of hydrogen-bond acceptors (Lipinski definition) is 23. The van der Waals surface area contributed by atoms with E-state index in [0.717, 1.165) is 110 Å². The Kier molecular flexibility index (Phi) is 103. The first-order valence-electron chi connectivity index (χ1n) is 49.8. The molecule has 0 atom stereocenters. The van der Waals surface area contributed by atoms with Crippen LogP contribution in [0.15, 0.2) is 57.6 Å². The van der Waals surface area contributed by atoms with Gasteiger partial charge in [0.1, 0.15) is 16.4 Å². The SMILES string of the molecule is C.C1=CCCC1.C1=CNCCC1.C1=CSC=CN1.C1=NCCC1.C1=NCCO1.C1CCC1.C1CCC1.C1CCCC1.C1CCCCCC1.C1CCCCCC1.C1CCCOCC1.C1CCNC1.C1CCNCC1.C1CCNCC1.C1CCOC1.C1CCSC1.C1COCCN1.C1CSCCN1.O=C1CCCS1.O=S1(=O)CCCC1.O=S1(=O)CCNCC1. The summed E-state index contributed by atoms with van der Waals surface area (Å²) in [6, 6.07) is 0. The second kappa shape index (κ2) is 105. The summed E-state index contributed by atoms with van der Waals surface area (Å²) in [5.41, 5.74) is 0. The van der Waals surface area contributed by atoms with Crippen molar-refractivity contribution >= 4 is 84.5 Å². The third-order valence-electron chi connectivity index (χ3n) is 21.5. The highest BCUT2D eigenvalue weighted by atomic mass is 32.2. The third kappa shape index (κ3) is 105. The number of allylic oxidation sites excluding steroid dienone is 3. The lowest BCUT2D eigenvalue weighted by Crippen LogP contribution is -2.35. The van der Waals surface area contributed by atoms with Gasteiger partial charge in [-0.15, -0.1) is 11.8 Å². The third-order valence-corrected chi connectivity index (χ3v) is 28.7. The van der Waals surface area contributed by atoms with E-state index in [1.165, 1.54) is 415 Å². The fraction of sp³-hybridized carbons (Fsp3) is 0.887. The zero-order chi connectivity index (χ0) is 86.5. The highest BCUT2D eigenvalue weighted by Crippen LogP contribution is 2.20. The fourth-order valence-electron chi connectivity index (χ4n) is 13.0. The van der Waals surface area contributed by atoms with Crippen LogP contribution >= 0.6 is 47.0 Å². The van der Waals surface area contributed by atoms with Crippen LogP contribution in [0.25, 0.3) is 0 Å². The van der Waals surface area contributed by atoms with E-state index >= 15 is 0 Å². The molecule has 5 saturated carbocycles. The van der Waals surface area contributed by atoms with Gasteiger partial charge in [0.25, 0.3) is 0 Å². The summed E-state index contributed by atoms with van der Waals surface area (Å²) >= 11 is 7.24. The molecule has 0 aromatic carbocycles. The highest BCUT2D eigenvalue weighted by molar-refractivity contribution is 8.14. The summed E-state index contributed by atoms with van der Waals surface area (Å²) in [5, 5.41) is 29.5. The molecule has 0 amide bonds. The normalized spacial score (nSPS) is 23.2. The first-order valence-corrected chi connectivity index (χ1v) is 57.7. The van der Waals surface area contributed by atoms with E-state index in [4.69, 9.17) is 14.2 Å². The minimum atomic E-state index is -2.65. The lowest BCUT2D eigenvalue weighted by Gasteiger charge is -2.10. The number of rotatable bonds is 0. The van der Waals surface area contributed by atoms with Gasteiger partial charge in [0.2, 0.25) is 0 Å².